The fraction of sp³-hybridized carbons (Fsp3) is 0.462. The first kappa shape index (κ1) is 23.2. The molecule has 2 N–H and O–H groups in total. The third-order valence-electron chi connectivity index (χ3n) is 6.44. The molecule has 4 nitrogen and oxygen atoms in total. The molecule has 32 heavy (non-hydrogen) atoms. The molecule has 0 bridgehead atoms. The van der Waals surface area contributed by atoms with Crippen LogP contribution in [0.2, 0.25) is 5.02 Å². The monoisotopic (exact) mass is 456 g/mol. The van der Waals surface area contributed by atoms with Gasteiger partial charge in [0.2, 0.25) is 0 Å². The molecular formula is C26H34ClFN4. The molecule has 0 spiro atoms. The van der Waals surface area contributed by atoms with E-state index >= 15 is 0 Å². The molecule has 1 aliphatic heterocycles. The lowest BCUT2D eigenvalue weighted by Crippen LogP contribution is -2.39. The molecule has 0 unspecified atom stereocenters. The SMILES string of the molecule is CCCNCCNCCN1CCC(c2cn(-c3ccc(F)cc3)c3cc(Cl)ccc23)CC1. The van der Waals surface area contributed by atoms with Gasteiger partial charge < -0.3 is 20.1 Å². The standard InChI is InChI=1S/C26H34ClFN4/c1-2-11-29-12-13-30-14-17-31-15-9-20(10-16-31)25-19-32(23-6-4-22(28)5-7-23)26-18-21(27)3-8-24(25)26/h3-8,18-20,29-30H,2,9-17H2,1H3. The summed E-state index contributed by atoms with van der Waals surface area (Å²) in [7, 11) is 0. The van der Waals surface area contributed by atoms with Gasteiger partial charge in [0, 0.05) is 48.5 Å². The third kappa shape index (κ3) is 5.70. The Hall–Kier alpha value is -1.92. The highest BCUT2D eigenvalue weighted by Crippen LogP contribution is 2.36. The van der Waals surface area contributed by atoms with Crippen molar-refractivity contribution in [2.75, 3.05) is 45.8 Å². The van der Waals surface area contributed by atoms with Gasteiger partial charge in [0.1, 0.15) is 5.82 Å². The number of likely N-dealkylation sites (tertiary alicyclic amines) is 1. The van der Waals surface area contributed by atoms with Crippen molar-refractivity contribution < 1.29 is 4.39 Å². The number of hydrogen-bond acceptors (Lipinski definition) is 3. The van der Waals surface area contributed by atoms with E-state index in [0.29, 0.717) is 5.92 Å². The van der Waals surface area contributed by atoms with Crippen LogP contribution in [0.5, 0.6) is 0 Å². The van der Waals surface area contributed by atoms with E-state index in [1.807, 2.05) is 24.3 Å². The van der Waals surface area contributed by atoms with Crippen molar-refractivity contribution in [3.05, 3.63) is 65.1 Å². The van der Waals surface area contributed by atoms with E-state index in [4.69, 9.17) is 11.6 Å². The minimum absolute atomic E-state index is 0.220. The highest BCUT2D eigenvalue weighted by molar-refractivity contribution is 6.31. The Bertz CT molecular complexity index is 993. The quantitative estimate of drug-likeness (QED) is 0.412. The largest absolute Gasteiger partial charge is 0.316 e. The summed E-state index contributed by atoms with van der Waals surface area (Å²) in [4.78, 5) is 2.57. The maximum Gasteiger partial charge on any atom is 0.123 e. The molecule has 0 aliphatic carbocycles. The molecule has 172 valence electrons. The van der Waals surface area contributed by atoms with E-state index in [-0.39, 0.29) is 5.82 Å². The Morgan fingerprint density at radius 1 is 0.969 bits per heavy atom. The van der Waals surface area contributed by atoms with Crippen LogP contribution in [0.4, 0.5) is 4.39 Å². The van der Waals surface area contributed by atoms with Gasteiger partial charge in [0.05, 0.1) is 5.52 Å². The van der Waals surface area contributed by atoms with Gasteiger partial charge in [-0.3, -0.25) is 0 Å². The first-order valence-electron chi connectivity index (χ1n) is 11.9. The Balaban J connectivity index is 1.39. The number of nitrogens with zero attached hydrogens (tertiary/aromatic N) is 2. The number of piperidine rings is 1. The molecule has 0 saturated carbocycles. The Morgan fingerprint density at radius 3 is 2.41 bits per heavy atom. The maximum absolute atomic E-state index is 13.5. The van der Waals surface area contributed by atoms with Gasteiger partial charge in [-0.2, -0.15) is 0 Å². The van der Waals surface area contributed by atoms with Crippen LogP contribution >= 0.6 is 11.6 Å². The lowest BCUT2D eigenvalue weighted by molar-refractivity contribution is 0.213. The van der Waals surface area contributed by atoms with Crippen LogP contribution in [-0.2, 0) is 0 Å². The molecule has 4 rings (SSSR count). The number of halogens is 2. The van der Waals surface area contributed by atoms with Gasteiger partial charge >= 0.3 is 0 Å². The molecule has 1 aromatic heterocycles. The van der Waals surface area contributed by atoms with Crippen LogP contribution in [0.15, 0.2) is 48.7 Å². The van der Waals surface area contributed by atoms with Crippen LogP contribution in [0.25, 0.3) is 16.6 Å². The van der Waals surface area contributed by atoms with Gasteiger partial charge in [-0.05, 0) is 86.8 Å². The fourth-order valence-corrected chi connectivity index (χ4v) is 4.84. The second kappa shape index (κ2) is 11.3. The third-order valence-corrected chi connectivity index (χ3v) is 6.68. The predicted octanol–water partition coefficient (Wildman–Crippen LogP) is 5.19. The topological polar surface area (TPSA) is 32.2 Å². The smallest absolute Gasteiger partial charge is 0.123 e. The van der Waals surface area contributed by atoms with Crippen LogP contribution in [0.3, 0.4) is 0 Å². The van der Waals surface area contributed by atoms with Crippen molar-refractivity contribution in [2.24, 2.45) is 0 Å². The molecule has 2 aromatic carbocycles. The summed E-state index contributed by atoms with van der Waals surface area (Å²) in [6.45, 7) is 9.75. The second-order valence-corrected chi connectivity index (χ2v) is 9.14. The van der Waals surface area contributed by atoms with Gasteiger partial charge in [-0.1, -0.05) is 24.6 Å². The molecule has 1 saturated heterocycles. The average Bonchev–Trinajstić information content (AvgIpc) is 3.18. The van der Waals surface area contributed by atoms with Crippen LogP contribution in [-0.4, -0.2) is 55.3 Å². The normalized spacial score (nSPS) is 15.6. The van der Waals surface area contributed by atoms with Crippen molar-refractivity contribution in [3.63, 3.8) is 0 Å². The minimum atomic E-state index is -0.220. The highest BCUT2D eigenvalue weighted by atomic mass is 35.5. The van der Waals surface area contributed by atoms with E-state index in [2.05, 4.69) is 39.3 Å². The number of aromatic nitrogens is 1. The zero-order valence-corrected chi connectivity index (χ0v) is 19.7. The molecule has 3 aromatic rings. The van der Waals surface area contributed by atoms with Crippen molar-refractivity contribution in [2.45, 2.75) is 32.1 Å². The fourth-order valence-electron chi connectivity index (χ4n) is 4.68. The molecule has 0 atom stereocenters. The summed E-state index contributed by atoms with van der Waals surface area (Å²) in [5.74, 6) is 0.311. The minimum Gasteiger partial charge on any atom is -0.316 e. The van der Waals surface area contributed by atoms with Gasteiger partial charge in [-0.25, -0.2) is 4.39 Å². The molecule has 6 heteroatoms. The number of benzene rings is 2. The molecule has 2 heterocycles. The predicted molar refractivity (Wildman–Crippen MR) is 133 cm³/mol. The van der Waals surface area contributed by atoms with Gasteiger partial charge in [0.15, 0.2) is 0 Å². The summed E-state index contributed by atoms with van der Waals surface area (Å²) in [5, 5.41) is 8.94. The Labute approximate surface area is 195 Å². The Kier molecular flexibility index (Phi) is 8.20. The molecule has 1 aliphatic rings. The van der Waals surface area contributed by atoms with Crippen molar-refractivity contribution in [3.8, 4) is 5.69 Å². The van der Waals surface area contributed by atoms with E-state index in [1.54, 1.807) is 0 Å². The summed E-state index contributed by atoms with van der Waals surface area (Å²) >= 11 is 6.32. The number of fused-ring (bicyclic) bond motifs is 1. The van der Waals surface area contributed by atoms with E-state index in [0.717, 1.165) is 74.9 Å². The van der Waals surface area contributed by atoms with Crippen molar-refractivity contribution >= 4 is 22.5 Å². The Morgan fingerprint density at radius 2 is 1.69 bits per heavy atom. The molecule has 0 amide bonds. The van der Waals surface area contributed by atoms with E-state index in [9.17, 15) is 4.39 Å². The van der Waals surface area contributed by atoms with Crippen molar-refractivity contribution in [1.29, 1.82) is 0 Å². The van der Waals surface area contributed by atoms with Gasteiger partial charge in [0.25, 0.3) is 0 Å². The zero-order valence-electron chi connectivity index (χ0n) is 18.9. The summed E-state index contributed by atoms with van der Waals surface area (Å²) in [6, 6.07) is 12.8. The number of rotatable bonds is 10. The van der Waals surface area contributed by atoms with Crippen molar-refractivity contribution in [1.82, 2.24) is 20.1 Å². The van der Waals surface area contributed by atoms with Crippen LogP contribution < -0.4 is 10.6 Å². The highest BCUT2D eigenvalue weighted by Gasteiger charge is 2.24. The van der Waals surface area contributed by atoms with E-state index in [1.165, 1.54) is 29.5 Å². The zero-order chi connectivity index (χ0) is 22.3. The second-order valence-electron chi connectivity index (χ2n) is 8.71. The lowest BCUT2D eigenvalue weighted by Gasteiger charge is -2.32. The lowest BCUT2D eigenvalue weighted by atomic mass is 9.89. The molecular weight excluding hydrogens is 423 g/mol. The number of hydrogen-bond donors (Lipinski definition) is 2. The summed E-state index contributed by atoms with van der Waals surface area (Å²) in [6.07, 6.45) is 5.73. The summed E-state index contributed by atoms with van der Waals surface area (Å²) < 4.78 is 15.6. The van der Waals surface area contributed by atoms with Crippen LogP contribution in [0, 0.1) is 5.82 Å². The van der Waals surface area contributed by atoms with Gasteiger partial charge in [-0.15, -0.1) is 0 Å². The number of nitrogens with one attached hydrogen (secondary N) is 2. The molecule has 1 fully saturated rings. The van der Waals surface area contributed by atoms with Crippen LogP contribution in [0.1, 0.15) is 37.7 Å². The maximum atomic E-state index is 13.5. The average molecular weight is 457 g/mol. The molecule has 0 radical (unpaired) electrons. The first-order chi connectivity index (χ1) is 15.7. The van der Waals surface area contributed by atoms with E-state index < -0.39 is 0 Å². The summed E-state index contributed by atoms with van der Waals surface area (Å²) in [5.41, 5.74) is 3.42. The first-order valence-corrected chi connectivity index (χ1v) is 12.2.